The number of benzene rings is 1. The minimum absolute atomic E-state index is 0.0142. The Morgan fingerprint density at radius 1 is 1.25 bits per heavy atom. The van der Waals surface area contributed by atoms with Gasteiger partial charge in [-0.1, -0.05) is 19.9 Å². The summed E-state index contributed by atoms with van der Waals surface area (Å²) in [5.74, 6) is -1.76. The van der Waals surface area contributed by atoms with Gasteiger partial charge in [0.25, 0.3) is 0 Å². The average Bonchev–Trinajstić information content (AvgIpc) is 2.92. The van der Waals surface area contributed by atoms with E-state index in [-0.39, 0.29) is 23.8 Å². The minimum Gasteiger partial charge on any atom is -0.431 e. The Labute approximate surface area is 138 Å². The number of para-hydroxylation sites is 1. The summed E-state index contributed by atoms with van der Waals surface area (Å²) in [6, 6.07) is 5.24. The molecular weight excluding hydrogens is 314 g/mol. The van der Waals surface area contributed by atoms with E-state index < -0.39 is 22.8 Å². The van der Waals surface area contributed by atoms with Crippen LogP contribution in [0.4, 0.5) is 8.78 Å². The summed E-state index contributed by atoms with van der Waals surface area (Å²) < 4.78 is 32.8. The minimum atomic E-state index is -0.786. The summed E-state index contributed by atoms with van der Waals surface area (Å²) in [4.78, 5) is 0. The van der Waals surface area contributed by atoms with Gasteiger partial charge in [-0.25, -0.2) is 8.78 Å². The van der Waals surface area contributed by atoms with Crippen molar-refractivity contribution >= 4 is 0 Å². The van der Waals surface area contributed by atoms with Crippen molar-refractivity contribution in [3.05, 3.63) is 47.2 Å². The van der Waals surface area contributed by atoms with E-state index in [4.69, 9.17) is 4.74 Å². The molecule has 1 aromatic heterocycles. The second-order valence-electron chi connectivity index (χ2n) is 7.19. The molecule has 0 unspecified atom stereocenters. The molecule has 1 aromatic carbocycles. The van der Waals surface area contributed by atoms with Gasteiger partial charge in [-0.2, -0.15) is 5.10 Å². The molecular formula is C18H18F2N2O2. The Morgan fingerprint density at radius 3 is 2.62 bits per heavy atom. The van der Waals surface area contributed by atoms with E-state index in [0.29, 0.717) is 0 Å². The van der Waals surface area contributed by atoms with Gasteiger partial charge >= 0.3 is 0 Å². The zero-order valence-corrected chi connectivity index (χ0v) is 13.5. The van der Waals surface area contributed by atoms with E-state index in [2.05, 4.69) is 24.0 Å². The van der Waals surface area contributed by atoms with E-state index in [1.807, 2.05) is 0 Å². The van der Waals surface area contributed by atoms with Crippen molar-refractivity contribution in [2.45, 2.75) is 38.0 Å². The van der Waals surface area contributed by atoms with Crippen molar-refractivity contribution < 1.29 is 18.6 Å². The largest absolute Gasteiger partial charge is 0.431 e. The van der Waals surface area contributed by atoms with Crippen LogP contribution in [0, 0.1) is 17.0 Å². The van der Waals surface area contributed by atoms with Gasteiger partial charge in [0.2, 0.25) is 11.6 Å². The molecule has 1 fully saturated rings. The number of ether oxygens (including phenoxy) is 1. The molecule has 0 spiro atoms. The average molecular weight is 332 g/mol. The van der Waals surface area contributed by atoms with Crippen LogP contribution in [0.3, 0.4) is 0 Å². The van der Waals surface area contributed by atoms with Crippen LogP contribution in [0.1, 0.15) is 43.9 Å². The molecule has 126 valence electrons. The lowest BCUT2D eigenvalue weighted by atomic mass is 9.69. The maximum atomic E-state index is 13.8. The smallest absolute Gasteiger partial charge is 0.239 e. The lowest BCUT2D eigenvalue weighted by Gasteiger charge is -2.35. The third-order valence-electron chi connectivity index (χ3n) is 5.99. The third-order valence-corrected chi connectivity index (χ3v) is 5.99. The first-order valence-corrected chi connectivity index (χ1v) is 8.01. The lowest BCUT2D eigenvalue weighted by Crippen LogP contribution is -2.39. The predicted octanol–water partition coefficient (Wildman–Crippen LogP) is 3.69. The Morgan fingerprint density at radius 2 is 1.96 bits per heavy atom. The first-order valence-electron chi connectivity index (χ1n) is 8.01. The fourth-order valence-corrected chi connectivity index (χ4v) is 4.49. The Kier molecular flexibility index (Phi) is 3.19. The maximum Gasteiger partial charge on any atom is 0.239 e. The second kappa shape index (κ2) is 4.96. The molecule has 4 rings (SSSR count). The Hall–Kier alpha value is -2.08. The molecule has 0 saturated heterocycles. The topological polar surface area (TPSA) is 55.2 Å². The van der Waals surface area contributed by atoms with Gasteiger partial charge in [-0.05, 0) is 41.9 Å². The van der Waals surface area contributed by atoms with Gasteiger partial charge in [-0.3, -0.25) is 0 Å². The molecule has 4 nitrogen and oxygen atoms in total. The van der Waals surface area contributed by atoms with Gasteiger partial charge in [0.05, 0.1) is 12.3 Å². The lowest BCUT2D eigenvalue weighted by molar-refractivity contribution is 0.107. The summed E-state index contributed by atoms with van der Waals surface area (Å²) in [7, 11) is 0. The van der Waals surface area contributed by atoms with Crippen molar-refractivity contribution in [2.75, 3.05) is 6.61 Å². The number of hydrogen-bond donors (Lipinski definition) is 1. The molecule has 2 atom stereocenters. The summed E-state index contributed by atoms with van der Waals surface area (Å²) >= 11 is 0. The predicted molar refractivity (Wildman–Crippen MR) is 83.0 cm³/mol. The summed E-state index contributed by atoms with van der Waals surface area (Å²) in [6.45, 7) is 4.26. The van der Waals surface area contributed by atoms with Gasteiger partial charge < -0.3 is 9.84 Å². The van der Waals surface area contributed by atoms with Crippen molar-refractivity contribution in [3.8, 4) is 11.6 Å². The van der Waals surface area contributed by atoms with Crippen LogP contribution in [0.15, 0.2) is 24.3 Å². The number of fused-ring (bicyclic) bond motifs is 5. The normalized spacial score (nSPS) is 26.5. The number of aromatic nitrogens is 2. The van der Waals surface area contributed by atoms with Gasteiger partial charge in [0.15, 0.2) is 11.6 Å². The maximum absolute atomic E-state index is 13.8. The highest BCUT2D eigenvalue weighted by atomic mass is 19.1. The fraction of sp³-hybridized carbons (Fsp3) is 0.444. The van der Waals surface area contributed by atoms with Crippen molar-refractivity contribution in [2.24, 2.45) is 5.41 Å². The zero-order valence-electron chi connectivity index (χ0n) is 13.5. The van der Waals surface area contributed by atoms with E-state index >= 15 is 0 Å². The standard InChI is InChI=1S/C18H18F2N2O2/c1-17(2)11-6-7-18(17,9-23)16-10(11)8-14(21-22-16)24-15-12(19)4-3-5-13(15)20/h3-5,8,11,23H,6-7,9H2,1-2H3/t11-,18-/m0/s1. The van der Waals surface area contributed by atoms with E-state index in [9.17, 15) is 13.9 Å². The Balaban J connectivity index is 1.76. The molecule has 1 N–H and O–H groups in total. The van der Waals surface area contributed by atoms with E-state index in [1.165, 1.54) is 6.07 Å². The van der Waals surface area contributed by atoms with Gasteiger partial charge in [-0.15, -0.1) is 5.10 Å². The fourth-order valence-electron chi connectivity index (χ4n) is 4.49. The summed E-state index contributed by atoms with van der Waals surface area (Å²) in [5.41, 5.74) is 1.21. The Bertz CT molecular complexity index is 804. The van der Waals surface area contributed by atoms with Gasteiger partial charge in [0.1, 0.15) is 0 Å². The van der Waals surface area contributed by atoms with E-state index in [1.54, 1.807) is 6.07 Å². The first kappa shape index (κ1) is 15.4. The molecule has 2 aliphatic carbocycles. The molecule has 6 heteroatoms. The first-order chi connectivity index (χ1) is 11.4. The van der Waals surface area contributed by atoms with Crippen LogP contribution in [0.25, 0.3) is 0 Å². The van der Waals surface area contributed by atoms with Crippen LogP contribution >= 0.6 is 0 Å². The van der Waals surface area contributed by atoms with Crippen molar-refractivity contribution in [1.29, 1.82) is 0 Å². The monoisotopic (exact) mass is 332 g/mol. The van der Waals surface area contributed by atoms with Crippen LogP contribution in [0.2, 0.25) is 0 Å². The molecule has 2 aliphatic rings. The summed E-state index contributed by atoms with van der Waals surface area (Å²) in [6.07, 6.45) is 1.81. The van der Waals surface area contributed by atoms with Gasteiger partial charge in [0, 0.05) is 11.5 Å². The number of nitrogens with zero attached hydrogens (tertiary/aromatic N) is 2. The van der Waals surface area contributed by atoms with Crippen molar-refractivity contribution in [3.63, 3.8) is 0 Å². The molecule has 0 amide bonds. The highest BCUT2D eigenvalue weighted by Crippen LogP contribution is 2.67. The summed E-state index contributed by atoms with van der Waals surface area (Å²) in [5, 5.41) is 18.2. The van der Waals surface area contributed by atoms with Crippen LogP contribution < -0.4 is 4.74 Å². The third kappa shape index (κ3) is 1.80. The quantitative estimate of drug-likeness (QED) is 0.931. The number of hydrogen-bond acceptors (Lipinski definition) is 4. The highest BCUT2D eigenvalue weighted by molar-refractivity contribution is 5.47. The number of aliphatic hydroxyl groups is 1. The molecule has 1 heterocycles. The van der Waals surface area contributed by atoms with Crippen LogP contribution in [0.5, 0.6) is 11.6 Å². The number of rotatable bonds is 3. The SMILES string of the molecule is CC1(C)[C@H]2CC[C@]1(CO)c1nnc(Oc3c(F)cccc3F)cc12. The number of halogens is 2. The van der Waals surface area contributed by atoms with E-state index in [0.717, 1.165) is 36.2 Å². The zero-order chi connectivity index (χ0) is 17.1. The second-order valence-corrected chi connectivity index (χ2v) is 7.19. The molecule has 1 saturated carbocycles. The highest BCUT2D eigenvalue weighted by Gasteiger charge is 2.63. The van der Waals surface area contributed by atoms with Crippen LogP contribution in [-0.4, -0.2) is 21.9 Å². The molecule has 2 aromatic rings. The number of aliphatic hydroxyl groups excluding tert-OH is 1. The molecule has 2 bridgehead atoms. The molecule has 24 heavy (non-hydrogen) atoms. The molecule has 0 radical (unpaired) electrons. The molecule has 0 aliphatic heterocycles. The van der Waals surface area contributed by atoms with Crippen LogP contribution in [-0.2, 0) is 5.41 Å². The van der Waals surface area contributed by atoms with Crippen molar-refractivity contribution in [1.82, 2.24) is 10.2 Å².